The second-order valence-electron chi connectivity index (χ2n) is 7.04. The summed E-state index contributed by atoms with van der Waals surface area (Å²) in [5, 5.41) is 0. The second-order valence-corrected chi connectivity index (χ2v) is 7.04. The molecule has 1 aliphatic rings. The number of hydrogen-bond donors (Lipinski definition) is 0. The van der Waals surface area contributed by atoms with Crippen LogP contribution in [0.15, 0.2) is 48.5 Å². The first-order valence-electron chi connectivity index (χ1n) is 9.36. The van der Waals surface area contributed by atoms with Gasteiger partial charge in [-0.25, -0.2) is 0 Å². The van der Waals surface area contributed by atoms with Gasteiger partial charge in [0.2, 0.25) is 5.91 Å². The van der Waals surface area contributed by atoms with Gasteiger partial charge in [-0.05, 0) is 41.8 Å². The minimum atomic E-state index is -0.0595. The molecule has 0 aromatic heterocycles. The zero-order valence-corrected chi connectivity index (χ0v) is 16.4. The van der Waals surface area contributed by atoms with E-state index in [9.17, 15) is 4.79 Å². The number of nitrogens with zero attached hydrogens (tertiary/aromatic N) is 2. The minimum Gasteiger partial charge on any atom is -0.497 e. The van der Waals surface area contributed by atoms with E-state index < -0.39 is 0 Å². The lowest BCUT2D eigenvalue weighted by Crippen LogP contribution is -2.42. The molecular weight excluding hydrogens is 340 g/mol. The average Bonchev–Trinajstić information content (AvgIpc) is 2.72. The van der Waals surface area contributed by atoms with Crippen molar-refractivity contribution in [3.05, 3.63) is 59.7 Å². The van der Waals surface area contributed by atoms with Gasteiger partial charge in [0.25, 0.3) is 0 Å². The van der Waals surface area contributed by atoms with Crippen LogP contribution in [-0.4, -0.2) is 51.7 Å². The summed E-state index contributed by atoms with van der Waals surface area (Å²) in [6.07, 6.45) is 1.16. The van der Waals surface area contributed by atoms with Gasteiger partial charge in [0, 0.05) is 32.7 Å². The highest BCUT2D eigenvalue weighted by molar-refractivity contribution is 5.76. The van der Waals surface area contributed by atoms with Crippen LogP contribution < -0.4 is 9.64 Å². The standard InChI is InChI=1S/C22H28N2O3/c1-23(2)19-10-8-18(9-11-19)21-16-24(13-14-27-21)22(25)12-7-17-5-4-6-20(15-17)26-3/h4-6,8-11,15,21H,7,12-14,16H2,1-3H3. The number of methoxy groups -OCH3 is 1. The summed E-state index contributed by atoms with van der Waals surface area (Å²) < 4.78 is 11.2. The summed E-state index contributed by atoms with van der Waals surface area (Å²) in [5.74, 6) is 1.00. The third kappa shape index (κ3) is 5.01. The van der Waals surface area contributed by atoms with E-state index in [1.54, 1.807) is 7.11 Å². The molecule has 0 aliphatic carbocycles. The van der Waals surface area contributed by atoms with E-state index in [2.05, 4.69) is 29.2 Å². The van der Waals surface area contributed by atoms with Crippen LogP contribution in [0.25, 0.3) is 0 Å². The molecule has 0 N–H and O–H groups in total. The van der Waals surface area contributed by atoms with Crippen LogP contribution in [0.5, 0.6) is 5.75 Å². The number of carbonyl (C=O) groups excluding carboxylic acids is 1. The van der Waals surface area contributed by atoms with Crippen LogP contribution in [0.2, 0.25) is 0 Å². The number of anilines is 1. The average molecular weight is 368 g/mol. The Hall–Kier alpha value is -2.53. The van der Waals surface area contributed by atoms with Gasteiger partial charge in [0.05, 0.1) is 20.3 Å². The van der Waals surface area contributed by atoms with E-state index in [1.165, 1.54) is 0 Å². The third-order valence-corrected chi connectivity index (χ3v) is 4.96. The topological polar surface area (TPSA) is 42.0 Å². The molecule has 1 atom stereocenters. The van der Waals surface area contributed by atoms with Crippen LogP contribution in [0.3, 0.4) is 0 Å². The summed E-state index contributed by atoms with van der Waals surface area (Å²) in [7, 11) is 5.70. The van der Waals surface area contributed by atoms with Crippen LogP contribution in [-0.2, 0) is 16.0 Å². The summed E-state index contributed by atoms with van der Waals surface area (Å²) in [6, 6.07) is 16.2. The minimum absolute atomic E-state index is 0.0595. The van der Waals surface area contributed by atoms with Crippen LogP contribution in [0.1, 0.15) is 23.7 Å². The molecule has 2 aromatic carbocycles. The van der Waals surface area contributed by atoms with Crippen molar-refractivity contribution in [1.29, 1.82) is 0 Å². The number of hydrogen-bond acceptors (Lipinski definition) is 4. The molecule has 1 fully saturated rings. The molecule has 1 unspecified atom stereocenters. The molecule has 5 heteroatoms. The molecule has 0 spiro atoms. The number of carbonyl (C=O) groups is 1. The van der Waals surface area contributed by atoms with Crippen molar-refractivity contribution < 1.29 is 14.3 Å². The highest BCUT2D eigenvalue weighted by atomic mass is 16.5. The zero-order chi connectivity index (χ0) is 19.2. The maximum atomic E-state index is 12.7. The SMILES string of the molecule is COc1cccc(CCC(=O)N2CCOC(c3ccc(N(C)C)cc3)C2)c1. The Labute approximate surface area is 161 Å². The first-order chi connectivity index (χ1) is 13.1. The summed E-state index contributed by atoms with van der Waals surface area (Å²) in [4.78, 5) is 16.7. The maximum Gasteiger partial charge on any atom is 0.223 e. The van der Waals surface area contributed by atoms with Crippen LogP contribution in [0.4, 0.5) is 5.69 Å². The zero-order valence-electron chi connectivity index (χ0n) is 16.4. The molecule has 1 heterocycles. The molecule has 2 aromatic rings. The summed E-state index contributed by atoms with van der Waals surface area (Å²) in [5.41, 5.74) is 3.39. The maximum absolute atomic E-state index is 12.7. The summed E-state index contributed by atoms with van der Waals surface area (Å²) >= 11 is 0. The predicted octanol–water partition coefficient (Wildman–Crippen LogP) is 3.29. The highest BCUT2D eigenvalue weighted by Gasteiger charge is 2.25. The second kappa shape index (κ2) is 8.91. The Morgan fingerprint density at radius 1 is 1.22 bits per heavy atom. The fourth-order valence-corrected chi connectivity index (χ4v) is 3.30. The number of amides is 1. The number of morpholine rings is 1. The molecule has 0 radical (unpaired) electrons. The van der Waals surface area contributed by atoms with E-state index in [-0.39, 0.29) is 12.0 Å². The van der Waals surface area contributed by atoms with Gasteiger partial charge in [0.1, 0.15) is 11.9 Å². The first-order valence-corrected chi connectivity index (χ1v) is 9.36. The van der Waals surface area contributed by atoms with Gasteiger partial charge in [-0.2, -0.15) is 0 Å². The van der Waals surface area contributed by atoms with Crippen molar-refractivity contribution in [1.82, 2.24) is 4.90 Å². The van der Waals surface area contributed by atoms with E-state index >= 15 is 0 Å². The van der Waals surface area contributed by atoms with E-state index in [0.717, 1.165) is 29.0 Å². The molecule has 0 bridgehead atoms. The molecule has 5 nitrogen and oxygen atoms in total. The normalized spacial score (nSPS) is 16.9. The quantitative estimate of drug-likeness (QED) is 0.785. The van der Waals surface area contributed by atoms with E-state index in [1.807, 2.05) is 43.3 Å². The number of benzene rings is 2. The molecule has 27 heavy (non-hydrogen) atoms. The van der Waals surface area contributed by atoms with Crippen LogP contribution in [0, 0.1) is 0 Å². The Balaban J connectivity index is 1.57. The molecule has 0 saturated carbocycles. The Morgan fingerprint density at radius 2 is 2.00 bits per heavy atom. The fourth-order valence-electron chi connectivity index (χ4n) is 3.30. The predicted molar refractivity (Wildman–Crippen MR) is 107 cm³/mol. The van der Waals surface area contributed by atoms with Gasteiger partial charge in [0.15, 0.2) is 0 Å². The van der Waals surface area contributed by atoms with Gasteiger partial charge < -0.3 is 19.3 Å². The third-order valence-electron chi connectivity index (χ3n) is 4.96. The molecule has 1 saturated heterocycles. The van der Waals surface area contributed by atoms with Crippen LogP contribution >= 0.6 is 0 Å². The Kier molecular flexibility index (Phi) is 6.35. The lowest BCUT2D eigenvalue weighted by molar-refractivity contribution is -0.139. The van der Waals surface area contributed by atoms with Crippen molar-refractivity contribution >= 4 is 11.6 Å². The lowest BCUT2D eigenvalue weighted by Gasteiger charge is -2.33. The van der Waals surface area contributed by atoms with Crippen molar-refractivity contribution in [3.8, 4) is 5.75 Å². The molecule has 1 amide bonds. The summed E-state index contributed by atoms with van der Waals surface area (Å²) in [6.45, 7) is 1.84. The Bertz CT molecular complexity index is 758. The van der Waals surface area contributed by atoms with Crippen molar-refractivity contribution in [2.24, 2.45) is 0 Å². The van der Waals surface area contributed by atoms with Gasteiger partial charge in [-0.3, -0.25) is 4.79 Å². The van der Waals surface area contributed by atoms with Gasteiger partial charge in [-0.1, -0.05) is 24.3 Å². The lowest BCUT2D eigenvalue weighted by atomic mass is 10.1. The number of ether oxygens (including phenoxy) is 2. The van der Waals surface area contributed by atoms with E-state index in [0.29, 0.717) is 26.1 Å². The van der Waals surface area contributed by atoms with Crippen molar-refractivity contribution in [2.45, 2.75) is 18.9 Å². The Morgan fingerprint density at radius 3 is 2.70 bits per heavy atom. The van der Waals surface area contributed by atoms with Crippen molar-refractivity contribution in [2.75, 3.05) is 45.8 Å². The van der Waals surface area contributed by atoms with E-state index in [4.69, 9.17) is 9.47 Å². The van der Waals surface area contributed by atoms with Gasteiger partial charge in [-0.15, -0.1) is 0 Å². The highest BCUT2D eigenvalue weighted by Crippen LogP contribution is 2.25. The molecular formula is C22H28N2O3. The largest absolute Gasteiger partial charge is 0.497 e. The molecule has 3 rings (SSSR count). The monoisotopic (exact) mass is 368 g/mol. The first kappa shape index (κ1) is 19.2. The number of rotatable bonds is 6. The number of aryl methyl sites for hydroxylation is 1. The fraction of sp³-hybridized carbons (Fsp3) is 0.409. The molecule has 1 aliphatic heterocycles. The smallest absolute Gasteiger partial charge is 0.223 e. The van der Waals surface area contributed by atoms with Crippen molar-refractivity contribution in [3.63, 3.8) is 0 Å². The van der Waals surface area contributed by atoms with Gasteiger partial charge >= 0.3 is 0 Å². The molecule has 144 valence electrons.